The van der Waals surface area contributed by atoms with Gasteiger partial charge < -0.3 is 9.47 Å². The molecule has 0 saturated heterocycles. The van der Waals surface area contributed by atoms with Crippen LogP contribution in [0.4, 0.5) is 0 Å². The van der Waals surface area contributed by atoms with Gasteiger partial charge in [-0.2, -0.15) is 0 Å². The lowest BCUT2D eigenvalue weighted by Crippen LogP contribution is -2.08. The molecule has 3 heteroatoms. The van der Waals surface area contributed by atoms with Crippen molar-refractivity contribution in [2.75, 3.05) is 19.8 Å². The summed E-state index contributed by atoms with van der Waals surface area (Å²) in [6, 6.07) is 0. The molecule has 0 aliphatic rings. The average Bonchev–Trinajstić information content (AvgIpc) is 2.31. The van der Waals surface area contributed by atoms with Crippen molar-refractivity contribution in [1.82, 2.24) is 0 Å². The second kappa shape index (κ2) is 11.7. The summed E-state index contributed by atoms with van der Waals surface area (Å²) >= 11 is 0. The zero-order chi connectivity index (χ0) is 12.1. The molecule has 0 N–H and O–H groups in total. The number of hydrogen-bond donors (Lipinski definition) is 0. The van der Waals surface area contributed by atoms with E-state index in [2.05, 4.69) is 25.3 Å². The molecule has 0 rings (SSSR count). The quantitative estimate of drug-likeness (QED) is 0.248. The van der Waals surface area contributed by atoms with E-state index in [9.17, 15) is 4.79 Å². The van der Waals surface area contributed by atoms with E-state index in [0.29, 0.717) is 13.2 Å². The summed E-state index contributed by atoms with van der Waals surface area (Å²) < 4.78 is 10.0. The second-order valence-electron chi connectivity index (χ2n) is 3.12. The first kappa shape index (κ1) is 14.6. The van der Waals surface area contributed by atoms with Gasteiger partial charge in [0.15, 0.2) is 0 Å². The number of carbonyl (C=O) groups excluding carboxylic acids is 1. The van der Waals surface area contributed by atoms with Gasteiger partial charge in [0, 0.05) is 12.7 Å². The van der Waals surface area contributed by atoms with Gasteiger partial charge in [0.2, 0.25) is 0 Å². The fourth-order valence-corrected chi connectivity index (χ4v) is 0.976. The monoisotopic (exact) mass is 224 g/mol. The number of esters is 1. The van der Waals surface area contributed by atoms with Gasteiger partial charge in [-0.1, -0.05) is 24.8 Å². The Morgan fingerprint density at radius 1 is 1.12 bits per heavy atom. The number of rotatable bonds is 10. The zero-order valence-electron chi connectivity index (χ0n) is 9.69. The zero-order valence-corrected chi connectivity index (χ0v) is 9.69. The summed E-state index contributed by atoms with van der Waals surface area (Å²) in [5, 5.41) is 0. The van der Waals surface area contributed by atoms with E-state index in [-0.39, 0.29) is 6.61 Å². The topological polar surface area (TPSA) is 35.5 Å². The molecule has 0 radical (unpaired) electrons. The first-order chi connectivity index (χ1) is 7.81. The third kappa shape index (κ3) is 10.7. The molecular weight excluding hydrogens is 204 g/mol. The third-order valence-electron chi connectivity index (χ3n) is 1.77. The Hall–Kier alpha value is -1.35. The van der Waals surface area contributed by atoms with Crippen molar-refractivity contribution in [2.45, 2.75) is 19.3 Å². The number of unbranched alkanes of at least 4 members (excludes halogenated alkanes) is 1. The SMILES string of the molecule is C=CCC=CCCCOCCOC(=O)C=C. The number of hydrogen-bond acceptors (Lipinski definition) is 3. The maximum atomic E-state index is 10.6. The van der Waals surface area contributed by atoms with E-state index >= 15 is 0 Å². The Bertz CT molecular complexity index is 231. The number of ether oxygens (including phenoxy) is 2. The number of carbonyl (C=O) groups is 1. The molecule has 0 aromatic heterocycles. The fourth-order valence-electron chi connectivity index (χ4n) is 0.976. The highest BCUT2D eigenvalue weighted by molar-refractivity contribution is 5.81. The maximum Gasteiger partial charge on any atom is 0.330 e. The van der Waals surface area contributed by atoms with E-state index in [0.717, 1.165) is 25.3 Å². The van der Waals surface area contributed by atoms with Crippen LogP contribution in [-0.4, -0.2) is 25.8 Å². The van der Waals surface area contributed by atoms with Gasteiger partial charge in [-0.15, -0.1) is 6.58 Å². The molecule has 0 unspecified atom stereocenters. The van der Waals surface area contributed by atoms with Crippen molar-refractivity contribution in [2.24, 2.45) is 0 Å². The Labute approximate surface area is 97.4 Å². The molecule has 90 valence electrons. The summed E-state index contributed by atoms with van der Waals surface area (Å²) in [6.07, 6.45) is 10.1. The first-order valence-electron chi connectivity index (χ1n) is 5.44. The molecule has 0 bridgehead atoms. The summed E-state index contributed by atoms with van der Waals surface area (Å²) in [6.45, 7) is 8.33. The summed E-state index contributed by atoms with van der Waals surface area (Å²) in [4.78, 5) is 10.6. The first-order valence-corrected chi connectivity index (χ1v) is 5.44. The van der Waals surface area contributed by atoms with Crippen molar-refractivity contribution in [3.63, 3.8) is 0 Å². The lowest BCUT2D eigenvalue weighted by atomic mass is 10.3. The maximum absolute atomic E-state index is 10.6. The van der Waals surface area contributed by atoms with Crippen LogP contribution in [0.1, 0.15) is 19.3 Å². The van der Waals surface area contributed by atoms with Crippen LogP contribution in [0.15, 0.2) is 37.5 Å². The van der Waals surface area contributed by atoms with Gasteiger partial charge in [0.25, 0.3) is 0 Å². The highest BCUT2D eigenvalue weighted by Crippen LogP contribution is 1.94. The molecule has 0 aliphatic heterocycles. The van der Waals surface area contributed by atoms with Crippen LogP contribution in [0.5, 0.6) is 0 Å². The van der Waals surface area contributed by atoms with Gasteiger partial charge in [-0.05, 0) is 19.3 Å². The van der Waals surface area contributed by atoms with Crippen LogP contribution in [0.2, 0.25) is 0 Å². The van der Waals surface area contributed by atoms with E-state index in [1.165, 1.54) is 0 Å². The van der Waals surface area contributed by atoms with Crippen molar-refractivity contribution < 1.29 is 14.3 Å². The summed E-state index contributed by atoms with van der Waals surface area (Å²) in [5.74, 6) is -0.407. The summed E-state index contributed by atoms with van der Waals surface area (Å²) in [7, 11) is 0. The Kier molecular flexibility index (Phi) is 10.7. The molecule has 0 aromatic rings. The third-order valence-corrected chi connectivity index (χ3v) is 1.77. The molecule has 0 heterocycles. The lowest BCUT2D eigenvalue weighted by Gasteiger charge is -2.03. The Balaban J connectivity index is 3.12. The minimum atomic E-state index is -0.407. The highest BCUT2D eigenvalue weighted by Gasteiger charge is 1.94. The van der Waals surface area contributed by atoms with Crippen LogP contribution in [0.25, 0.3) is 0 Å². The molecule has 0 atom stereocenters. The summed E-state index contributed by atoms with van der Waals surface area (Å²) in [5.41, 5.74) is 0. The minimum absolute atomic E-state index is 0.289. The van der Waals surface area contributed by atoms with E-state index in [1.54, 1.807) is 0 Å². The highest BCUT2D eigenvalue weighted by atomic mass is 16.6. The van der Waals surface area contributed by atoms with Gasteiger partial charge in [0.05, 0.1) is 6.61 Å². The lowest BCUT2D eigenvalue weighted by molar-refractivity contribution is -0.139. The van der Waals surface area contributed by atoms with Gasteiger partial charge in [-0.25, -0.2) is 4.79 Å². The van der Waals surface area contributed by atoms with Crippen molar-refractivity contribution in [3.8, 4) is 0 Å². The molecule has 16 heavy (non-hydrogen) atoms. The minimum Gasteiger partial charge on any atom is -0.460 e. The predicted molar refractivity (Wildman–Crippen MR) is 65.2 cm³/mol. The van der Waals surface area contributed by atoms with Crippen LogP contribution >= 0.6 is 0 Å². The fraction of sp³-hybridized carbons (Fsp3) is 0.462. The second-order valence-corrected chi connectivity index (χ2v) is 3.12. The molecule has 0 aromatic carbocycles. The van der Waals surface area contributed by atoms with Crippen LogP contribution in [0.3, 0.4) is 0 Å². The van der Waals surface area contributed by atoms with Crippen molar-refractivity contribution in [1.29, 1.82) is 0 Å². The van der Waals surface area contributed by atoms with E-state index in [1.807, 2.05) is 6.08 Å². The molecule has 0 amide bonds. The predicted octanol–water partition coefficient (Wildman–Crippen LogP) is 2.64. The van der Waals surface area contributed by atoms with Gasteiger partial charge >= 0.3 is 5.97 Å². The van der Waals surface area contributed by atoms with Crippen molar-refractivity contribution >= 4 is 5.97 Å². The molecular formula is C13H20O3. The molecule has 3 nitrogen and oxygen atoms in total. The normalized spacial score (nSPS) is 10.2. The molecule has 0 saturated carbocycles. The Morgan fingerprint density at radius 2 is 1.94 bits per heavy atom. The van der Waals surface area contributed by atoms with Crippen LogP contribution in [0, 0.1) is 0 Å². The molecule has 0 spiro atoms. The van der Waals surface area contributed by atoms with Crippen LogP contribution < -0.4 is 0 Å². The van der Waals surface area contributed by atoms with Gasteiger partial charge in [0.1, 0.15) is 6.61 Å². The van der Waals surface area contributed by atoms with Gasteiger partial charge in [-0.3, -0.25) is 0 Å². The molecule has 0 fully saturated rings. The van der Waals surface area contributed by atoms with E-state index < -0.39 is 5.97 Å². The Morgan fingerprint density at radius 3 is 2.62 bits per heavy atom. The number of allylic oxidation sites excluding steroid dienone is 3. The largest absolute Gasteiger partial charge is 0.460 e. The van der Waals surface area contributed by atoms with E-state index in [4.69, 9.17) is 9.47 Å². The smallest absolute Gasteiger partial charge is 0.330 e. The standard InChI is InChI=1S/C13H20O3/c1-3-5-6-7-8-9-10-15-11-12-16-13(14)4-2/h3-4,6-7H,1-2,5,8-12H2. The van der Waals surface area contributed by atoms with Crippen molar-refractivity contribution in [3.05, 3.63) is 37.5 Å². The molecule has 0 aliphatic carbocycles. The average molecular weight is 224 g/mol. The van der Waals surface area contributed by atoms with Crippen LogP contribution in [-0.2, 0) is 14.3 Å².